The van der Waals surface area contributed by atoms with Gasteiger partial charge in [0, 0.05) is 19.0 Å². The van der Waals surface area contributed by atoms with Crippen molar-refractivity contribution >= 4 is 5.91 Å². The highest BCUT2D eigenvalue weighted by Gasteiger charge is 2.52. The van der Waals surface area contributed by atoms with Crippen LogP contribution in [0.3, 0.4) is 0 Å². The van der Waals surface area contributed by atoms with E-state index in [9.17, 15) is 9.90 Å². The number of fused-ring (bicyclic) bond motifs is 2. The fraction of sp³-hybridized carbons (Fsp3) is 0.794. The molecule has 1 aromatic rings. The molecule has 0 spiro atoms. The minimum absolute atomic E-state index is 0.396. The molecule has 7 heteroatoms. The van der Waals surface area contributed by atoms with Gasteiger partial charge < -0.3 is 31.9 Å². The van der Waals surface area contributed by atoms with Crippen molar-refractivity contribution in [3.8, 4) is 0 Å². The Morgan fingerprint density at radius 2 is 1.83 bits per heavy atom. The number of amides is 1. The van der Waals surface area contributed by atoms with Crippen LogP contribution < -0.4 is 16.8 Å². The van der Waals surface area contributed by atoms with E-state index in [1.807, 2.05) is 31.2 Å². The lowest BCUT2D eigenvalue weighted by molar-refractivity contribution is -0.123. The second kappa shape index (κ2) is 18.9. The number of nitrogens with two attached hydrogens (primary N) is 2. The Labute approximate surface area is 251 Å². The van der Waals surface area contributed by atoms with Gasteiger partial charge >= 0.3 is 0 Å². The highest BCUT2D eigenvalue weighted by molar-refractivity contribution is 5.80. The van der Waals surface area contributed by atoms with E-state index in [0.717, 1.165) is 34.8 Å². The van der Waals surface area contributed by atoms with E-state index in [0.29, 0.717) is 24.9 Å². The number of hydrogen-bond donors (Lipinski definition) is 5. The number of nitrogens with zero attached hydrogens (tertiary/aromatic N) is 1. The average Bonchev–Trinajstić information content (AvgIpc) is 2.93. The fourth-order valence-corrected chi connectivity index (χ4v) is 6.58. The molecule has 3 saturated carbocycles. The number of carbonyl (C=O) groups excluding carboxylic acids is 1. The summed E-state index contributed by atoms with van der Waals surface area (Å²) < 4.78 is 0. The molecule has 238 valence electrons. The topological polar surface area (TPSA) is 125 Å². The summed E-state index contributed by atoms with van der Waals surface area (Å²) in [6, 6.07) is 7.01. The van der Waals surface area contributed by atoms with Gasteiger partial charge in [0.1, 0.15) is 0 Å². The van der Waals surface area contributed by atoms with Crippen molar-refractivity contribution in [3.05, 3.63) is 35.4 Å². The molecule has 6 unspecified atom stereocenters. The van der Waals surface area contributed by atoms with Gasteiger partial charge in [0.25, 0.3) is 0 Å². The molecular formula is C34H64N4O3. The number of rotatable bonds is 14. The van der Waals surface area contributed by atoms with Crippen LogP contribution in [0.1, 0.15) is 97.6 Å². The molecule has 0 radical (unpaired) electrons. The van der Waals surface area contributed by atoms with Crippen LogP contribution in [0.4, 0.5) is 0 Å². The maximum atomic E-state index is 11.6. The van der Waals surface area contributed by atoms with Gasteiger partial charge in [-0.15, -0.1) is 0 Å². The molecule has 3 aliphatic rings. The molecule has 4 rings (SSSR count). The van der Waals surface area contributed by atoms with E-state index in [1.165, 1.54) is 45.1 Å². The second-order valence-electron chi connectivity index (χ2n) is 13.7. The van der Waals surface area contributed by atoms with Crippen molar-refractivity contribution in [2.45, 2.75) is 112 Å². The molecule has 6 atom stereocenters. The van der Waals surface area contributed by atoms with Crippen LogP contribution in [-0.4, -0.2) is 60.4 Å². The number of primary amides is 1. The molecule has 7 N–H and O–H groups in total. The zero-order chi connectivity index (χ0) is 31.2. The Hall–Kier alpha value is -1.51. The van der Waals surface area contributed by atoms with Crippen LogP contribution in [0.15, 0.2) is 24.3 Å². The predicted molar refractivity (Wildman–Crippen MR) is 172 cm³/mol. The first kappa shape index (κ1) is 37.5. The third-order valence-electron chi connectivity index (χ3n) is 9.48. The summed E-state index contributed by atoms with van der Waals surface area (Å²) >= 11 is 0. The van der Waals surface area contributed by atoms with Crippen molar-refractivity contribution in [1.29, 1.82) is 0 Å². The van der Waals surface area contributed by atoms with E-state index >= 15 is 0 Å². The Bertz CT molecular complexity index is 848. The molecular weight excluding hydrogens is 512 g/mol. The monoisotopic (exact) mass is 576 g/mol. The standard InChI is InChI=1S/C15H25N3O3.C10H18.C9H21N/c1-2-12(13(20)9-19)14(15(17)21)18-8-11-5-3-4-10(6-11)7-16;1-7-4-5-8-6-9(7)10(8,2)3;1-9(2)7-5-6-8-10(3)4/h3-6,12-14,18-20H,2,7-9,16H2,1H3,(H2,17,21);7-9H,4-6H2,1-3H3;9H,5-8H2,1-4H3. The molecule has 3 fully saturated rings. The Morgan fingerprint density at radius 3 is 2.27 bits per heavy atom. The van der Waals surface area contributed by atoms with E-state index in [2.05, 4.69) is 58.9 Å². The molecule has 41 heavy (non-hydrogen) atoms. The zero-order valence-corrected chi connectivity index (χ0v) is 27.5. The summed E-state index contributed by atoms with van der Waals surface area (Å²) in [4.78, 5) is 13.9. The lowest BCUT2D eigenvalue weighted by Crippen LogP contribution is -2.51. The van der Waals surface area contributed by atoms with Gasteiger partial charge in [-0.05, 0) is 86.5 Å². The number of unbranched alkanes of at least 4 members (excludes halogenated alkanes) is 1. The van der Waals surface area contributed by atoms with Crippen LogP contribution in [0.2, 0.25) is 0 Å². The van der Waals surface area contributed by atoms with Crippen molar-refractivity contribution in [2.75, 3.05) is 27.2 Å². The minimum Gasteiger partial charge on any atom is -0.394 e. The van der Waals surface area contributed by atoms with Crippen LogP contribution in [0.25, 0.3) is 0 Å². The van der Waals surface area contributed by atoms with E-state index < -0.39 is 30.6 Å². The van der Waals surface area contributed by atoms with Crippen molar-refractivity contribution in [3.63, 3.8) is 0 Å². The van der Waals surface area contributed by atoms with Gasteiger partial charge in [-0.3, -0.25) is 4.79 Å². The Kier molecular flexibility index (Phi) is 17.3. The quantitative estimate of drug-likeness (QED) is 0.200. The average molecular weight is 577 g/mol. The highest BCUT2D eigenvalue weighted by atomic mass is 16.3. The van der Waals surface area contributed by atoms with Crippen molar-refractivity contribution < 1.29 is 15.0 Å². The van der Waals surface area contributed by atoms with Gasteiger partial charge in [-0.2, -0.15) is 0 Å². The largest absolute Gasteiger partial charge is 0.394 e. The third kappa shape index (κ3) is 12.7. The summed E-state index contributed by atoms with van der Waals surface area (Å²) in [6.45, 7) is 15.5. The predicted octanol–water partition coefficient (Wildman–Crippen LogP) is 4.92. The van der Waals surface area contributed by atoms with Crippen LogP contribution in [-0.2, 0) is 17.9 Å². The molecule has 0 saturated heterocycles. The minimum atomic E-state index is -0.977. The third-order valence-corrected chi connectivity index (χ3v) is 9.48. The molecule has 0 heterocycles. The summed E-state index contributed by atoms with van der Waals surface area (Å²) in [6.07, 6.45) is 8.22. The zero-order valence-electron chi connectivity index (χ0n) is 27.5. The number of nitrogens with one attached hydrogen (secondary N) is 1. The first-order chi connectivity index (χ1) is 19.3. The molecule has 2 bridgehead atoms. The number of hydrogen-bond acceptors (Lipinski definition) is 6. The summed E-state index contributed by atoms with van der Waals surface area (Å²) in [5, 5.41) is 21.9. The lowest BCUT2D eigenvalue weighted by Gasteiger charge is -2.59. The van der Waals surface area contributed by atoms with Crippen LogP contribution in [0.5, 0.6) is 0 Å². The number of benzene rings is 1. The molecule has 1 amide bonds. The molecule has 3 aliphatic carbocycles. The molecule has 0 aliphatic heterocycles. The van der Waals surface area contributed by atoms with Gasteiger partial charge in [-0.1, -0.05) is 85.1 Å². The maximum absolute atomic E-state index is 11.6. The van der Waals surface area contributed by atoms with Gasteiger partial charge in [-0.25, -0.2) is 0 Å². The summed E-state index contributed by atoms with van der Waals surface area (Å²) in [5.41, 5.74) is 13.7. The molecule has 0 aromatic heterocycles. The molecule has 7 nitrogen and oxygen atoms in total. The van der Waals surface area contributed by atoms with Gasteiger partial charge in [0.05, 0.1) is 18.8 Å². The fourth-order valence-electron chi connectivity index (χ4n) is 6.58. The van der Waals surface area contributed by atoms with Crippen LogP contribution in [0, 0.1) is 35.0 Å². The van der Waals surface area contributed by atoms with E-state index in [4.69, 9.17) is 16.6 Å². The summed E-state index contributed by atoms with van der Waals surface area (Å²) in [5.74, 6) is 3.07. The second-order valence-corrected chi connectivity index (χ2v) is 13.7. The molecule has 1 aromatic carbocycles. The van der Waals surface area contributed by atoms with Gasteiger partial charge in [0.2, 0.25) is 5.91 Å². The van der Waals surface area contributed by atoms with E-state index in [-0.39, 0.29) is 0 Å². The maximum Gasteiger partial charge on any atom is 0.234 e. The van der Waals surface area contributed by atoms with E-state index in [1.54, 1.807) is 0 Å². The SMILES string of the molecule is CC(C)CCCCN(C)C.CC1CCC2CC1C2(C)C.CCC(C(O)CO)C(NCc1cccc(CN)c1)C(N)=O. The first-order valence-electron chi connectivity index (χ1n) is 16.0. The smallest absolute Gasteiger partial charge is 0.234 e. The van der Waals surface area contributed by atoms with Gasteiger partial charge in [0.15, 0.2) is 0 Å². The number of aliphatic hydroxyl groups excluding tert-OH is 2. The highest BCUT2D eigenvalue weighted by Crippen LogP contribution is 2.61. The summed E-state index contributed by atoms with van der Waals surface area (Å²) in [7, 11) is 4.27. The number of carbonyl (C=O) groups is 1. The van der Waals surface area contributed by atoms with Crippen molar-refractivity contribution in [1.82, 2.24) is 10.2 Å². The Morgan fingerprint density at radius 1 is 1.17 bits per heavy atom. The number of aliphatic hydroxyl groups is 2. The van der Waals surface area contributed by atoms with Crippen molar-refractivity contribution in [2.24, 2.45) is 46.5 Å². The normalized spacial score (nSPS) is 22.9. The lowest BCUT2D eigenvalue weighted by atomic mass is 9.46. The first-order valence-corrected chi connectivity index (χ1v) is 16.0. The Balaban J connectivity index is 0.000000348. The van der Waals surface area contributed by atoms with Crippen LogP contribution >= 0.6 is 0 Å².